The number of fused-ring (bicyclic) bond motifs is 1. The van der Waals surface area contributed by atoms with Gasteiger partial charge in [-0.15, -0.1) is 0 Å². The molecule has 2 atom stereocenters. The largest absolute Gasteiger partial charge is 0.394 e. The van der Waals surface area contributed by atoms with E-state index in [2.05, 4.69) is 20.1 Å². The van der Waals surface area contributed by atoms with Crippen LogP contribution >= 0.6 is 0 Å². The average molecular weight is 275 g/mol. The van der Waals surface area contributed by atoms with E-state index in [1.54, 1.807) is 16.6 Å². The van der Waals surface area contributed by atoms with Crippen molar-refractivity contribution in [3.05, 3.63) is 34.6 Å². The van der Waals surface area contributed by atoms with Crippen LogP contribution in [0.2, 0.25) is 0 Å². The molecule has 9 heteroatoms. The van der Waals surface area contributed by atoms with Gasteiger partial charge in [0.2, 0.25) is 0 Å². The fourth-order valence-electron chi connectivity index (χ4n) is 2.51. The zero-order valence-corrected chi connectivity index (χ0v) is 10.5. The van der Waals surface area contributed by atoms with Crippen LogP contribution in [0.5, 0.6) is 0 Å². The van der Waals surface area contributed by atoms with Crippen molar-refractivity contribution in [3.8, 4) is 0 Å². The van der Waals surface area contributed by atoms with Gasteiger partial charge >= 0.3 is 0 Å². The first kappa shape index (κ1) is 12.7. The van der Waals surface area contributed by atoms with Gasteiger partial charge in [-0.2, -0.15) is 5.10 Å². The van der Waals surface area contributed by atoms with Gasteiger partial charge in [0, 0.05) is 4.91 Å². The topological polar surface area (TPSA) is 134 Å². The van der Waals surface area contributed by atoms with Crippen LogP contribution in [0.25, 0.3) is 16.0 Å². The van der Waals surface area contributed by atoms with Crippen molar-refractivity contribution in [2.45, 2.75) is 24.7 Å². The highest BCUT2D eigenvalue weighted by atomic mass is 16.5. The molecule has 1 saturated heterocycles. The van der Waals surface area contributed by atoms with Crippen molar-refractivity contribution in [2.75, 3.05) is 12.3 Å². The van der Waals surface area contributed by atoms with E-state index in [9.17, 15) is 5.11 Å². The molecule has 0 radical (unpaired) electrons. The molecule has 20 heavy (non-hydrogen) atoms. The number of anilines is 1. The van der Waals surface area contributed by atoms with E-state index in [0.29, 0.717) is 29.9 Å². The highest BCUT2D eigenvalue weighted by molar-refractivity contribution is 5.65. The quantitative estimate of drug-likeness (QED) is 0.488. The maximum Gasteiger partial charge on any atom is 0.189 e. The number of nitrogen functional groups attached to an aromatic ring is 1. The fraction of sp³-hybridized carbons (Fsp3) is 0.455. The van der Waals surface area contributed by atoms with E-state index in [1.807, 2.05) is 0 Å². The Morgan fingerprint density at radius 1 is 1.65 bits per heavy atom. The van der Waals surface area contributed by atoms with Gasteiger partial charge in [0.15, 0.2) is 11.5 Å². The number of hydrogen-bond donors (Lipinski definition) is 2. The predicted octanol–water partition coefficient (Wildman–Crippen LogP) is 0.946. The monoisotopic (exact) mass is 275 g/mol. The van der Waals surface area contributed by atoms with Gasteiger partial charge in [-0.3, -0.25) is 0 Å². The first-order valence-electron chi connectivity index (χ1n) is 6.14. The summed E-state index contributed by atoms with van der Waals surface area (Å²) in [5.41, 5.74) is 14.6. The van der Waals surface area contributed by atoms with Crippen molar-refractivity contribution in [3.63, 3.8) is 0 Å². The highest BCUT2D eigenvalue weighted by Gasteiger charge is 2.43. The molecule has 0 saturated carbocycles. The maximum atomic E-state index is 9.21. The maximum absolute atomic E-state index is 9.21. The Morgan fingerprint density at radius 3 is 3.20 bits per heavy atom. The summed E-state index contributed by atoms with van der Waals surface area (Å²) in [6.45, 7) is -0.122. The summed E-state index contributed by atoms with van der Waals surface area (Å²) in [6, 6.07) is 3.49. The van der Waals surface area contributed by atoms with Crippen LogP contribution in [0.4, 0.5) is 5.82 Å². The Labute approximate surface area is 113 Å². The Kier molecular flexibility index (Phi) is 2.94. The number of rotatable bonds is 3. The lowest BCUT2D eigenvalue weighted by atomic mass is 10.1. The van der Waals surface area contributed by atoms with Gasteiger partial charge in [-0.05, 0) is 30.5 Å². The smallest absolute Gasteiger partial charge is 0.189 e. The van der Waals surface area contributed by atoms with Crippen molar-refractivity contribution >= 4 is 11.3 Å². The summed E-state index contributed by atoms with van der Waals surface area (Å²) in [5.74, 6) is 0.332. The number of hydrogen-bond acceptors (Lipinski definition) is 6. The number of aromatic nitrogens is 3. The molecule has 0 aromatic carbocycles. The second kappa shape index (κ2) is 4.64. The van der Waals surface area contributed by atoms with Crippen LogP contribution in [-0.2, 0) is 10.5 Å². The van der Waals surface area contributed by atoms with Crippen LogP contribution in [0, 0.1) is 0 Å². The third kappa shape index (κ3) is 1.76. The standard InChI is InChI=1S/C11H13N7O2/c12-10-8-1-2-9(18(8)15-6-14-10)11(16-17-13)4-3-7(5-19)20-11/h1-2,6-7,19H,3-5H2,(H2,12,14,15)/t7-,11+/m0/s1. The minimum Gasteiger partial charge on any atom is -0.394 e. The second-order valence-corrected chi connectivity index (χ2v) is 4.60. The summed E-state index contributed by atoms with van der Waals surface area (Å²) in [6.07, 6.45) is 2.04. The summed E-state index contributed by atoms with van der Waals surface area (Å²) in [5, 5.41) is 17.1. The first-order chi connectivity index (χ1) is 9.70. The molecule has 0 spiro atoms. The molecule has 1 fully saturated rings. The van der Waals surface area contributed by atoms with Crippen molar-refractivity contribution in [2.24, 2.45) is 5.11 Å². The van der Waals surface area contributed by atoms with Crippen molar-refractivity contribution < 1.29 is 9.84 Å². The summed E-state index contributed by atoms with van der Waals surface area (Å²) >= 11 is 0. The Hall–Kier alpha value is -2.35. The third-order valence-corrected chi connectivity index (χ3v) is 3.46. The van der Waals surface area contributed by atoms with Gasteiger partial charge in [0.05, 0.1) is 18.4 Å². The van der Waals surface area contributed by atoms with E-state index < -0.39 is 5.72 Å². The molecule has 2 aromatic heterocycles. The molecule has 2 aromatic rings. The molecule has 1 aliphatic heterocycles. The van der Waals surface area contributed by atoms with Gasteiger partial charge in [-0.1, -0.05) is 5.11 Å². The van der Waals surface area contributed by atoms with Crippen molar-refractivity contribution in [1.29, 1.82) is 0 Å². The fourth-order valence-corrected chi connectivity index (χ4v) is 2.51. The first-order valence-corrected chi connectivity index (χ1v) is 6.14. The van der Waals surface area contributed by atoms with E-state index >= 15 is 0 Å². The molecule has 3 heterocycles. The number of nitrogens with two attached hydrogens (primary N) is 1. The van der Waals surface area contributed by atoms with Crippen LogP contribution < -0.4 is 5.73 Å². The number of aliphatic hydroxyl groups is 1. The SMILES string of the molecule is [N-]=[N+]=N[C@]1(c2ccc3c(N)ncnn23)CC[C@@H](CO)O1. The molecule has 0 bridgehead atoms. The Bertz CT molecular complexity index is 693. The molecule has 0 amide bonds. The predicted molar refractivity (Wildman–Crippen MR) is 69.4 cm³/mol. The normalized spacial score (nSPS) is 25.8. The molecule has 3 rings (SSSR count). The zero-order valence-electron chi connectivity index (χ0n) is 10.5. The highest BCUT2D eigenvalue weighted by Crippen LogP contribution is 2.41. The van der Waals surface area contributed by atoms with Gasteiger partial charge in [0.1, 0.15) is 11.8 Å². The molecule has 0 aliphatic carbocycles. The molecular weight excluding hydrogens is 262 g/mol. The molecule has 3 N–H and O–H groups in total. The molecule has 104 valence electrons. The molecule has 9 nitrogen and oxygen atoms in total. The number of nitrogens with zero attached hydrogens (tertiary/aromatic N) is 6. The van der Waals surface area contributed by atoms with Crippen molar-refractivity contribution in [1.82, 2.24) is 14.6 Å². The molecule has 0 unspecified atom stereocenters. The second-order valence-electron chi connectivity index (χ2n) is 4.60. The minimum absolute atomic E-state index is 0.122. The van der Waals surface area contributed by atoms with Gasteiger partial charge < -0.3 is 15.6 Å². The average Bonchev–Trinajstić information content (AvgIpc) is 3.04. The summed E-state index contributed by atoms with van der Waals surface area (Å²) in [7, 11) is 0. The Morgan fingerprint density at radius 2 is 2.50 bits per heavy atom. The van der Waals surface area contributed by atoms with Crippen LogP contribution in [0.1, 0.15) is 18.5 Å². The van der Waals surface area contributed by atoms with Gasteiger partial charge in [0.25, 0.3) is 0 Å². The Balaban J connectivity index is 2.16. The molecular formula is C11H13N7O2. The number of ether oxygens (including phenoxy) is 1. The van der Waals surface area contributed by atoms with E-state index in [0.717, 1.165) is 0 Å². The lowest BCUT2D eigenvalue weighted by Gasteiger charge is -2.23. The van der Waals surface area contributed by atoms with Gasteiger partial charge in [-0.25, -0.2) is 9.50 Å². The van der Waals surface area contributed by atoms with E-state index in [1.165, 1.54) is 6.33 Å². The van der Waals surface area contributed by atoms with Crippen LogP contribution in [-0.4, -0.2) is 32.4 Å². The number of azide groups is 1. The molecule has 1 aliphatic rings. The zero-order chi connectivity index (χ0) is 14.2. The number of aliphatic hydroxyl groups excluding tert-OH is 1. The third-order valence-electron chi connectivity index (χ3n) is 3.46. The lowest BCUT2D eigenvalue weighted by molar-refractivity contribution is -0.0625. The lowest BCUT2D eigenvalue weighted by Crippen LogP contribution is -2.27. The summed E-state index contributed by atoms with van der Waals surface area (Å²) < 4.78 is 7.29. The summed E-state index contributed by atoms with van der Waals surface area (Å²) in [4.78, 5) is 6.78. The van der Waals surface area contributed by atoms with E-state index in [-0.39, 0.29) is 12.7 Å². The van der Waals surface area contributed by atoms with Crippen LogP contribution in [0.3, 0.4) is 0 Å². The van der Waals surface area contributed by atoms with Crippen LogP contribution in [0.15, 0.2) is 23.6 Å². The van der Waals surface area contributed by atoms with E-state index in [4.69, 9.17) is 16.0 Å². The minimum atomic E-state index is -1.17.